The van der Waals surface area contributed by atoms with Crippen LogP contribution >= 0.6 is 11.6 Å². The molecule has 0 aliphatic carbocycles. The lowest BCUT2D eigenvalue weighted by molar-refractivity contribution is -0.116. The Morgan fingerprint density at radius 2 is 2.19 bits per heavy atom. The molecule has 0 bridgehead atoms. The van der Waals surface area contributed by atoms with Gasteiger partial charge in [0.1, 0.15) is 0 Å². The Balaban J connectivity index is 2.06. The first kappa shape index (κ1) is 15.7. The Kier molecular flexibility index (Phi) is 5.53. The number of nitrogens with zero attached hydrogens (tertiary/aromatic N) is 1. The van der Waals surface area contributed by atoms with Crippen LogP contribution in [0.5, 0.6) is 0 Å². The Morgan fingerprint density at radius 3 is 2.95 bits per heavy atom. The minimum Gasteiger partial charge on any atom is -0.330 e. The van der Waals surface area contributed by atoms with E-state index in [0.29, 0.717) is 29.4 Å². The Bertz CT molecular complexity index is 630. The summed E-state index contributed by atoms with van der Waals surface area (Å²) < 4.78 is 0. The van der Waals surface area contributed by atoms with Crippen molar-refractivity contribution in [3.63, 3.8) is 0 Å². The molecule has 1 heterocycles. The van der Waals surface area contributed by atoms with E-state index in [2.05, 4.69) is 17.2 Å². The summed E-state index contributed by atoms with van der Waals surface area (Å²) in [5.41, 5.74) is 6.97. The Hall–Kier alpha value is -1.65. The lowest BCUT2D eigenvalue weighted by Gasteiger charge is -2.11. The Morgan fingerprint density at radius 1 is 1.38 bits per heavy atom. The molecule has 5 heteroatoms. The summed E-state index contributed by atoms with van der Waals surface area (Å²) in [6.07, 6.45) is 3.97. The number of rotatable bonds is 6. The minimum absolute atomic E-state index is 0.00588. The number of hydrogen-bond donors (Lipinski definition) is 2. The summed E-state index contributed by atoms with van der Waals surface area (Å²) in [5.74, 6) is 0.468. The maximum atomic E-state index is 12.1. The van der Waals surface area contributed by atoms with Gasteiger partial charge in [-0.25, -0.2) is 0 Å². The molecule has 112 valence electrons. The van der Waals surface area contributed by atoms with Crippen molar-refractivity contribution in [3.8, 4) is 0 Å². The van der Waals surface area contributed by atoms with Crippen molar-refractivity contribution in [3.05, 3.63) is 35.5 Å². The van der Waals surface area contributed by atoms with Crippen LogP contribution in [-0.4, -0.2) is 17.4 Å². The van der Waals surface area contributed by atoms with Gasteiger partial charge in [-0.2, -0.15) is 0 Å². The van der Waals surface area contributed by atoms with Crippen LogP contribution in [0.3, 0.4) is 0 Å². The monoisotopic (exact) mass is 305 g/mol. The van der Waals surface area contributed by atoms with Crippen LogP contribution in [0.25, 0.3) is 10.9 Å². The summed E-state index contributed by atoms with van der Waals surface area (Å²) in [7, 11) is 0. The van der Waals surface area contributed by atoms with Gasteiger partial charge in [-0.1, -0.05) is 18.5 Å². The third-order valence-electron chi connectivity index (χ3n) is 3.52. The zero-order chi connectivity index (χ0) is 15.2. The normalized spacial score (nSPS) is 12.3. The largest absolute Gasteiger partial charge is 0.330 e. The van der Waals surface area contributed by atoms with Gasteiger partial charge in [0.05, 0.1) is 16.2 Å². The molecule has 0 spiro atoms. The average molecular weight is 306 g/mol. The number of pyridine rings is 1. The second kappa shape index (κ2) is 7.38. The van der Waals surface area contributed by atoms with Crippen molar-refractivity contribution in [1.82, 2.24) is 4.98 Å². The number of amides is 1. The molecule has 1 aromatic heterocycles. The van der Waals surface area contributed by atoms with Gasteiger partial charge >= 0.3 is 0 Å². The van der Waals surface area contributed by atoms with E-state index >= 15 is 0 Å². The van der Waals surface area contributed by atoms with Crippen molar-refractivity contribution in [2.45, 2.75) is 26.2 Å². The van der Waals surface area contributed by atoms with Gasteiger partial charge in [0.2, 0.25) is 5.91 Å². The molecule has 0 aliphatic heterocycles. The molecule has 3 N–H and O–H groups in total. The maximum absolute atomic E-state index is 12.1. The number of halogens is 1. The minimum atomic E-state index is 0.00588. The number of hydrogen-bond acceptors (Lipinski definition) is 3. The number of aromatic nitrogens is 1. The van der Waals surface area contributed by atoms with Gasteiger partial charge in [-0.15, -0.1) is 0 Å². The molecular formula is C16H20ClN3O. The highest BCUT2D eigenvalue weighted by atomic mass is 35.5. The highest BCUT2D eigenvalue weighted by Crippen LogP contribution is 2.28. The number of fused-ring (bicyclic) bond motifs is 1. The summed E-state index contributed by atoms with van der Waals surface area (Å²) in [4.78, 5) is 16.3. The first-order valence-corrected chi connectivity index (χ1v) is 7.52. The molecule has 0 radical (unpaired) electrons. The average Bonchev–Trinajstić information content (AvgIpc) is 2.49. The lowest BCUT2D eigenvalue weighted by atomic mass is 10.0. The van der Waals surface area contributed by atoms with Gasteiger partial charge in [-0.3, -0.25) is 9.78 Å². The van der Waals surface area contributed by atoms with Gasteiger partial charge in [0.25, 0.3) is 0 Å². The number of nitrogens with one attached hydrogen (secondary N) is 1. The van der Waals surface area contributed by atoms with Crippen LogP contribution in [0.4, 0.5) is 5.69 Å². The fraction of sp³-hybridized carbons (Fsp3) is 0.375. The van der Waals surface area contributed by atoms with Crippen molar-refractivity contribution < 1.29 is 4.79 Å². The van der Waals surface area contributed by atoms with Crippen molar-refractivity contribution in [2.75, 3.05) is 11.9 Å². The molecular weight excluding hydrogens is 286 g/mol. The van der Waals surface area contributed by atoms with E-state index < -0.39 is 0 Å². The van der Waals surface area contributed by atoms with Crippen LogP contribution in [0.15, 0.2) is 30.5 Å². The van der Waals surface area contributed by atoms with Gasteiger partial charge < -0.3 is 11.1 Å². The van der Waals surface area contributed by atoms with Gasteiger partial charge in [-0.05, 0) is 49.6 Å². The van der Waals surface area contributed by atoms with Crippen molar-refractivity contribution in [1.29, 1.82) is 0 Å². The second-order valence-corrected chi connectivity index (χ2v) is 5.67. The summed E-state index contributed by atoms with van der Waals surface area (Å²) in [6, 6.07) is 7.30. The van der Waals surface area contributed by atoms with E-state index in [0.717, 1.165) is 23.9 Å². The van der Waals surface area contributed by atoms with E-state index in [-0.39, 0.29) is 5.91 Å². The quantitative estimate of drug-likeness (QED) is 0.857. The summed E-state index contributed by atoms with van der Waals surface area (Å²) in [6.45, 7) is 2.78. The van der Waals surface area contributed by atoms with Crippen LogP contribution in [-0.2, 0) is 4.79 Å². The predicted octanol–water partition coefficient (Wildman–Crippen LogP) is 3.59. The van der Waals surface area contributed by atoms with Gasteiger partial charge in [0, 0.05) is 18.0 Å². The highest BCUT2D eigenvalue weighted by Gasteiger charge is 2.10. The maximum Gasteiger partial charge on any atom is 0.224 e. The molecule has 2 rings (SSSR count). The fourth-order valence-electron chi connectivity index (χ4n) is 2.27. The first-order chi connectivity index (χ1) is 10.1. The topological polar surface area (TPSA) is 68.0 Å². The molecule has 21 heavy (non-hydrogen) atoms. The van der Waals surface area contributed by atoms with Crippen molar-refractivity contribution in [2.24, 2.45) is 11.7 Å². The van der Waals surface area contributed by atoms with E-state index in [1.807, 2.05) is 18.2 Å². The van der Waals surface area contributed by atoms with E-state index in [9.17, 15) is 4.79 Å². The molecule has 1 aromatic carbocycles. The first-order valence-electron chi connectivity index (χ1n) is 7.15. The van der Waals surface area contributed by atoms with E-state index in [1.54, 1.807) is 12.3 Å². The van der Waals surface area contributed by atoms with Crippen LogP contribution in [0, 0.1) is 5.92 Å². The SMILES string of the molecule is CC(CCN)CCC(=O)Nc1ccc(Cl)c2ncccc12. The smallest absolute Gasteiger partial charge is 0.224 e. The molecule has 0 saturated heterocycles. The van der Waals surface area contributed by atoms with E-state index in [4.69, 9.17) is 17.3 Å². The predicted molar refractivity (Wildman–Crippen MR) is 87.5 cm³/mol. The summed E-state index contributed by atoms with van der Waals surface area (Å²) in [5, 5.41) is 4.38. The van der Waals surface area contributed by atoms with Crippen molar-refractivity contribution >= 4 is 34.1 Å². The number of carbonyl (C=O) groups excluding carboxylic acids is 1. The molecule has 2 aromatic rings. The zero-order valence-corrected chi connectivity index (χ0v) is 12.9. The molecule has 0 aliphatic rings. The molecule has 4 nitrogen and oxygen atoms in total. The third-order valence-corrected chi connectivity index (χ3v) is 3.82. The summed E-state index contributed by atoms with van der Waals surface area (Å²) >= 11 is 6.12. The lowest BCUT2D eigenvalue weighted by Crippen LogP contribution is -2.14. The van der Waals surface area contributed by atoms with Crippen LogP contribution in [0.1, 0.15) is 26.2 Å². The fourth-order valence-corrected chi connectivity index (χ4v) is 2.48. The number of carbonyl (C=O) groups is 1. The Labute approximate surface area is 129 Å². The number of anilines is 1. The number of nitrogens with two attached hydrogens (primary N) is 1. The van der Waals surface area contributed by atoms with Crippen LogP contribution < -0.4 is 11.1 Å². The molecule has 0 fully saturated rings. The van der Waals surface area contributed by atoms with E-state index in [1.165, 1.54) is 0 Å². The molecule has 1 unspecified atom stereocenters. The molecule has 1 amide bonds. The standard InChI is InChI=1S/C16H20ClN3O/c1-11(8-9-18)4-7-15(21)20-14-6-5-13(17)16-12(14)3-2-10-19-16/h2-3,5-6,10-11H,4,7-9,18H2,1H3,(H,20,21). The highest BCUT2D eigenvalue weighted by molar-refractivity contribution is 6.35. The van der Waals surface area contributed by atoms with Crippen LogP contribution in [0.2, 0.25) is 5.02 Å². The third kappa shape index (κ3) is 4.16. The molecule has 0 saturated carbocycles. The second-order valence-electron chi connectivity index (χ2n) is 5.26. The number of benzene rings is 1. The molecule has 1 atom stereocenters. The zero-order valence-electron chi connectivity index (χ0n) is 12.1. The van der Waals surface area contributed by atoms with Gasteiger partial charge in [0.15, 0.2) is 0 Å².